The molecule has 2 aromatic rings. The topological polar surface area (TPSA) is 60.4 Å². The lowest BCUT2D eigenvalue weighted by Gasteiger charge is -2.23. The van der Waals surface area contributed by atoms with E-state index in [4.69, 9.17) is 4.74 Å². The van der Waals surface area contributed by atoms with Crippen LogP contribution in [0.5, 0.6) is 0 Å². The summed E-state index contributed by atoms with van der Waals surface area (Å²) in [4.78, 5) is 11.8. The lowest BCUT2D eigenvalue weighted by molar-refractivity contribution is -0.143. The number of allylic oxidation sites excluding steroid dienone is 1. The molecule has 0 aliphatic rings. The van der Waals surface area contributed by atoms with Gasteiger partial charge in [0.05, 0.1) is 4.90 Å². The highest BCUT2D eigenvalue weighted by Crippen LogP contribution is 2.24. The molecule has 2 rings (SSSR count). The molecule has 0 heterocycles. The second-order valence-corrected chi connectivity index (χ2v) is 8.52. The Morgan fingerprint density at radius 2 is 1.48 bits per heavy atom. The van der Waals surface area contributed by atoms with E-state index in [0.717, 1.165) is 11.1 Å². The summed E-state index contributed by atoms with van der Waals surface area (Å²) in [7, 11) is -3.75. The van der Waals surface area contributed by atoms with E-state index in [1.807, 2.05) is 44.2 Å². The molecule has 2 unspecified atom stereocenters. The number of benzene rings is 2. The van der Waals surface area contributed by atoms with Gasteiger partial charge in [0.25, 0.3) is 0 Å². The first-order valence-corrected chi connectivity index (χ1v) is 10.2. The van der Waals surface area contributed by atoms with E-state index < -0.39 is 27.2 Å². The molecule has 27 heavy (non-hydrogen) atoms. The Bertz CT molecular complexity index is 909. The van der Waals surface area contributed by atoms with Gasteiger partial charge < -0.3 is 4.74 Å². The zero-order valence-corrected chi connectivity index (χ0v) is 16.5. The maximum absolute atomic E-state index is 13.2. The quantitative estimate of drug-likeness (QED) is 0.523. The summed E-state index contributed by atoms with van der Waals surface area (Å²) in [5.41, 5.74) is 1.72. The number of hydrogen-bond acceptors (Lipinski definition) is 4. The van der Waals surface area contributed by atoms with Gasteiger partial charge in [0, 0.05) is 6.92 Å². The largest absolute Gasteiger partial charge is 0.457 e. The Morgan fingerprint density at radius 1 is 0.926 bits per heavy atom. The molecule has 0 bridgehead atoms. The van der Waals surface area contributed by atoms with E-state index >= 15 is 0 Å². The van der Waals surface area contributed by atoms with Crippen LogP contribution in [0.2, 0.25) is 0 Å². The van der Waals surface area contributed by atoms with E-state index in [-0.39, 0.29) is 4.90 Å². The van der Waals surface area contributed by atoms with Crippen molar-refractivity contribution in [2.24, 2.45) is 0 Å². The Morgan fingerprint density at radius 3 is 2.00 bits per heavy atom. The fourth-order valence-electron chi connectivity index (χ4n) is 2.63. The third kappa shape index (κ3) is 5.93. The maximum atomic E-state index is 13.2. The summed E-state index contributed by atoms with van der Waals surface area (Å²) in [6.45, 7) is 4.91. The van der Waals surface area contributed by atoms with Crippen LogP contribution >= 0.6 is 0 Å². The van der Waals surface area contributed by atoms with Crippen LogP contribution in [0, 0.1) is 0 Å². The zero-order valence-electron chi connectivity index (χ0n) is 15.7. The Labute approximate surface area is 161 Å². The molecule has 0 fully saturated rings. The van der Waals surface area contributed by atoms with Crippen molar-refractivity contribution in [3.63, 3.8) is 0 Å². The Balaban J connectivity index is 2.50. The third-order valence-electron chi connectivity index (χ3n) is 3.83. The van der Waals surface area contributed by atoms with Crippen molar-refractivity contribution in [3.8, 4) is 0 Å². The van der Waals surface area contributed by atoms with Crippen molar-refractivity contribution in [2.75, 3.05) is 0 Å². The monoisotopic (exact) mass is 384 g/mol. The number of sulfone groups is 1. The minimum Gasteiger partial charge on any atom is -0.457 e. The Hall–Kier alpha value is -2.66. The molecule has 0 amide bonds. The molecule has 0 aromatic heterocycles. The van der Waals surface area contributed by atoms with Crippen LogP contribution in [-0.2, 0) is 19.4 Å². The first-order chi connectivity index (χ1) is 12.8. The molecule has 0 saturated carbocycles. The standard InChI is InChI=1S/C22H24O4S/c1-17(2)16-22(27(24,25)20-12-8-5-9-13-20)21(26-18(3)23)15-14-19-10-6-4-7-11-19/h4-16,21-22H,1-3H3/b15-14+. The van der Waals surface area contributed by atoms with Crippen molar-refractivity contribution in [1.29, 1.82) is 0 Å². The van der Waals surface area contributed by atoms with Gasteiger partial charge in [-0.15, -0.1) is 0 Å². The van der Waals surface area contributed by atoms with E-state index in [0.29, 0.717) is 0 Å². The fraction of sp³-hybridized carbons (Fsp3) is 0.227. The predicted octanol–water partition coefficient (Wildman–Crippen LogP) is 4.44. The number of carbonyl (C=O) groups is 1. The van der Waals surface area contributed by atoms with Gasteiger partial charge in [-0.3, -0.25) is 4.79 Å². The van der Waals surface area contributed by atoms with Crippen molar-refractivity contribution >= 4 is 21.9 Å². The molecule has 142 valence electrons. The molecule has 0 spiro atoms. The summed E-state index contributed by atoms with van der Waals surface area (Å²) in [5.74, 6) is -0.534. The van der Waals surface area contributed by atoms with E-state index in [2.05, 4.69) is 0 Å². The minimum atomic E-state index is -3.75. The van der Waals surface area contributed by atoms with Gasteiger partial charge in [0.2, 0.25) is 0 Å². The van der Waals surface area contributed by atoms with Crippen LogP contribution in [0.1, 0.15) is 26.3 Å². The normalized spacial score (nSPS) is 13.7. The molecule has 0 aliphatic carbocycles. The van der Waals surface area contributed by atoms with E-state index in [9.17, 15) is 13.2 Å². The average molecular weight is 384 g/mol. The molecular formula is C22H24O4S. The zero-order chi connectivity index (χ0) is 19.9. The summed E-state index contributed by atoms with van der Waals surface area (Å²) in [5, 5.41) is -1.02. The molecule has 0 aliphatic heterocycles. The maximum Gasteiger partial charge on any atom is 0.303 e. The minimum absolute atomic E-state index is 0.192. The van der Waals surface area contributed by atoms with Gasteiger partial charge >= 0.3 is 5.97 Å². The summed E-state index contributed by atoms with van der Waals surface area (Å²) < 4.78 is 31.9. The molecular weight excluding hydrogens is 360 g/mol. The number of carbonyl (C=O) groups excluding carboxylic acids is 1. The second kappa shape index (κ2) is 9.33. The summed E-state index contributed by atoms with van der Waals surface area (Å²) >= 11 is 0. The SMILES string of the molecule is CC(=O)OC(/C=C/c1ccccc1)C(C=C(C)C)S(=O)(=O)c1ccccc1. The van der Waals surface area contributed by atoms with Crippen LogP contribution in [0.25, 0.3) is 6.08 Å². The lowest BCUT2D eigenvalue weighted by Crippen LogP contribution is -2.35. The van der Waals surface area contributed by atoms with E-state index in [1.54, 1.807) is 48.6 Å². The summed E-state index contributed by atoms with van der Waals surface area (Å²) in [6, 6.07) is 17.6. The van der Waals surface area contributed by atoms with Gasteiger partial charge in [-0.1, -0.05) is 66.3 Å². The first-order valence-electron chi connectivity index (χ1n) is 8.65. The van der Waals surface area contributed by atoms with Crippen molar-refractivity contribution in [1.82, 2.24) is 0 Å². The molecule has 2 aromatic carbocycles. The third-order valence-corrected chi connectivity index (χ3v) is 5.88. The number of hydrogen-bond donors (Lipinski definition) is 0. The average Bonchev–Trinajstić information content (AvgIpc) is 2.64. The number of ether oxygens (including phenoxy) is 1. The second-order valence-electron chi connectivity index (χ2n) is 6.41. The van der Waals surface area contributed by atoms with Crippen molar-refractivity contribution < 1.29 is 17.9 Å². The molecule has 5 heteroatoms. The highest BCUT2D eigenvalue weighted by Gasteiger charge is 2.33. The molecule has 0 saturated heterocycles. The van der Waals surface area contributed by atoms with Crippen LogP contribution in [0.3, 0.4) is 0 Å². The van der Waals surface area contributed by atoms with Crippen LogP contribution in [0.15, 0.2) is 83.3 Å². The van der Waals surface area contributed by atoms with Crippen LogP contribution in [0.4, 0.5) is 0 Å². The van der Waals surface area contributed by atoms with Crippen molar-refractivity contribution in [3.05, 3.63) is 84.0 Å². The first kappa shape index (κ1) is 20.6. The Kier molecular flexibility index (Phi) is 7.13. The molecule has 0 N–H and O–H groups in total. The van der Waals surface area contributed by atoms with Gasteiger partial charge in [0.1, 0.15) is 11.4 Å². The highest BCUT2D eigenvalue weighted by atomic mass is 32.2. The van der Waals surface area contributed by atoms with Gasteiger partial charge in [-0.25, -0.2) is 8.42 Å². The van der Waals surface area contributed by atoms with Crippen LogP contribution < -0.4 is 0 Å². The van der Waals surface area contributed by atoms with Crippen molar-refractivity contribution in [2.45, 2.75) is 37.0 Å². The van der Waals surface area contributed by atoms with Crippen LogP contribution in [-0.4, -0.2) is 25.7 Å². The lowest BCUT2D eigenvalue weighted by atomic mass is 10.1. The highest BCUT2D eigenvalue weighted by molar-refractivity contribution is 7.92. The molecule has 0 radical (unpaired) electrons. The van der Waals surface area contributed by atoms with E-state index in [1.165, 1.54) is 6.92 Å². The molecule has 4 nitrogen and oxygen atoms in total. The predicted molar refractivity (Wildman–Crippen MR) is 108 cm³/mol. The van der Waals surface area contributed by atoms with Gasteiger partial charge in [0.15, 0.2) is 9.84 Å². The van der Waals surface area contributed by atoms with Gasteiger partial charge in [-0.05, 0) is 37.6 Å². The number of esters is 1. The summed E-state index contributed by atoms with van der Waals surface area (Å²) in [6.07, 6.45) is 4.08. The number of rotatable bonds is 7. The fourth-order valence-corrected chi connectivity index (χ4v) is 4.44. The smallest absolute Gasteiger partial charge is 0.303 e. The molecule has 2 atom stereocenters. The van der Waals surface area contributed by atoms with Gasteiger partial charge in [-0.2, -0.15) is 0 Å².